The van der Waals surface area contributed by atoms with Gasteiger partial charge in [0.15, 0.2) is 0 Å². The number of hydrogen-bond acceptors (Lipinski definition) is 3. The Morgan fingerprint density at radius 2 is 1.89 bits per heavy atom. The molecule has 1 fully saturated rings. The van der Waals surface area contributed by atoms with Crippen molar-refractivity contribution in [3.8, 4) is 0 Å². The summed E-state index contributed by atoms with van der Waals surface area (Å²) in [6.07, 6.45) is 0.861. The number of piperazine rings is 1. The van der Waals surface area contributed by atoms with E-state index in [2.05, 4.69) is 22.8 Å². The van der Waals surface area contributed by atoms with E-state index in [1.165, 1.54) is 11.1 Å². The number of halogens is 1. The summed E-state index contributed by atoms with van der Waals surface area (Å²) in [5.41, 5.74) is 3.95. The van der Waals surface area contributed by atoms with E-state index >= 15 is 0 Å². The van der Waals surface area contributed by atoms with Crippen molar-refractivity contribution in [2.24, 2.45) is 0 Å². The first-order valence-electron chi connectivity index (χ1n) is 9.04. The Morgan fingerprint density at radius 1 is 1.07 bits per heavy atom. The van der Waals surface area contributed by atoms with Gasteiger partial charge in [-0.1, -0.05) is 35.9 Å². The third kappa shape index (κ3) is 3.85. The van der Waals surface area contributed by atoms with Crippen LogP contribution in [0.1, 0.15) is 11.1 Å². The van der Waals surface area contributed by atoms with E-state index in [1.807, 2.05) is 29.2 Å². The van der Waals surface area contributed by atoms with Crippen molar-refractivity contribution in [2.75, 3.05) is 36.4 Å². The number of urea groups is 1. The molecule has 4 rings (SSSR count). The van der Waals surface area contributed by atoms with E-state index in [9.17, 15) is 9.59 Å². The lowest BCUT2D eigenvalue weighted by molar-refractivity contribution is -0.120. The van der Waals surface area contributed by atoms with Gasteiger partial charge in [-0.25, -0.2) is 4.79 Å². The first-order valence-corrected chi connectivity index (χ1v) is 9.42. The van der Waals surface area contributed by atoms with Gasteiger partial charge in [0.2, 0.25) is 5.91 Å². The van der Waals surface area contributed by atoms with Crippen molar-refractivity contribution in [2.45, 2.75) is 13.0 Å². The molecule has 0 spiro atoms. The van der Waals surface area contributed by atoms with Crippen LogP contribution < -0.4 is 15.5 Å². The smallest absolute Gasteiger partial charge is 0.322 e. The standard InChI is InChI=1S/C20H21ClN4O2/c21-17-11-16(5-6-18(17)24-10-8-22-19(26)13-24)23-20(27)25-9-7-14-3-1-2-4-15(14)12-25/h1-6,11H,7-10,12-13H2,(H,22,26)(H,23,27). The van der Waals surface area contributed by atoms with Crippen molar-refractivity contribution in [3.63, 3.8) is 0 Å². The normalized spacial score (nSPS) is 16.6. The lowest BCUT2D eigenvalue weighted by Crippen LogP contribution is -2.47. The molecule has 0 aromatic heterocycles. The van der Waals surface area contributed by atoms with Crippen LogP contribution in [0.25, 0.3) is 0 Å². The Balaban J connectivity index is 1.43. The van der Waals surface area contributed by atoms with Gasteiger partial charge in [0.1, 0.15) is 0 Å². The molecule has 6 nitrogen and oxygen atoms in total. The Bertz CT molecular complexity index is 886. The molecule has 0 atom stereocenters. The second kappa shape index (κ2) is 7.48. The predicted molar refractivity (Wildman–Crippen MR) is 106 cm³/mol. The minimum atomic E-state index is -0.134. The molecule has 3 amide bonds. The Hall–Kier alpha value is -2.73. The summed E-state index contributed by atoms with van der Waals surface area (Å²) in [6.45, 7) is 2.90. The molecule has 7 heteroatoms. The molecule has 1 saturated heterocycles. The van der Waals surface area contributed by atoms with Crippen LogP contribution in [0.15, 0.2) is 42.5 Å². The highest BCUT2D eigenvalue weighted by Crippen LogP contribution is 2.29. The lowest BCUT2D eigenvalue weighted by atomic mass is 10.0. The van der Waals surface area contributed by atoms with Crippen LogP contribution in [-0.2, 0) is 17.8 Å². The van der Waals surface area contributed by atoms with E-state index in [4.69, 9.17) is 11.6 Å². The Kier molecular flexibility index (Phi) is 4.90. The van der Waals surface area contributed by atoms with Gasteiger partial charge in [-0.3, -0.25) is 4.79 Å². The summed E-state index contributed by atoms with van der Waals surface area (Å²) in [6, 6.07) is 13.5. The highest BCUT2D eigenvalue weighted by Gasteiger charge is 2.22. The topological polar surface area (TPSA) is 64.7 Å². The first-order chi connectivity index (χ1) is 13.1. The maximum Gasteiger partial charge on any atom is 0.322 e. The quantitative estimate of drug-likeness (QED) is 0.836. The van der Waals surface area contributed by atoms with Crippen LogP contribution in [0.5, 0.6) is 0 Å². The maximum absolute atomic E-state index is 12.6. The van der Waals surface area contributed by atoms with Crippen molar-refractivity contribution in [1.29, 1.82) is 0 Å². The van der Waals surface area contributed by atoms with Gasteiger partial charge in [0.05, 0.1) is 17.3 Å². The number of carbonyl (C=O) groups excluding carboxylic acids is 2. The molecule has 27 heavy (non-hydrogen) atoms. The van der Waals surface area contributed by atoms with Gasteiger partial charge in [-0.2, -0.15) is 0 Å². The van der Waals surface area contributed by atoms with Gasteiger partial charge < -0.3 is 20.4 Å². The van der Waals surface area contributed by atoms with Gasteiger partial charge >= 0.3 is 6.03 Å². The van der Waals surface area contributed by atoms with E-state index in [0.29, 0.717) is 43.4 Å². The summed E-state index contributed by atoms with van der Waals surface area (Å²) in [7, 11) is 0. The minimum Gasteiger partial charge on any atom is -0.359 e. The third-order valence-electron chi connectivity index (χ3n) is 5.00. The van der Waals surface area contributed by atoms with Crippen LogP contribution in [0.4, 0.5) is 16.2 Å². The van der Waals surface area contributed by atoms with E-state index in [-0.39, 0.29) is 11.9 Å². The first kappa shape index (κ1) is 17.7. The highest BCUT2D eigenvalue weighted by atomic mass is 35.5. The molecule has 0 bridgehead atoms. The van der Waals surface area contributed by atoms with Gasteiger partial charge in [0, 0.05) is 31.9 Å². The second-order valence-electron chi connectivity index (χ2n) is 6.81. The third-order valence-corrected chi connectivity index (χ3v) is 5.30. The molecule has 0 unspecified atom stereocenters. The van der Waals surface area contributed by atoms with E-state index in [1.54, 1.807) is 11.0 Å². The van der Waals surface area contributed by atoms with Gasteiger partial charge in [-0.05, 0) is 35.7 Å². The number of fused-ring (bicyclic) bond motifs is 1. The molecular formula is C20H21ClN4O2. The number of amides is 3. The van der Waals surface area contributed by atoms with Crippen molar-refractivity contribution in [1.82, 2.24) is 10.2 Å². The number of benzene rings is 2. The zero-order valence-electron chi connectivity index (χ0n) is 14.9. The minimum absolute atomic E-state index is 0.0138. The molecule has 2 N–H and O–H groups in total. The summed E-state index contributed by atoms with van der Waals surface area (Å²) in [5.74, 6) is -0.0138. The molecule has 2 heterocycles. The molecule has 140 valence electrons. The maximum atomic E-state index is 12.6. The van der Waals surface area contributed by atoms with E-state index < -0.39 is 0 Å². The lowest BCUT2D eigenvalue weighted by Gasteiger charge is -2.30. The fraction of sp³-hybridized carbons (Fsp3) is 0.300. The zero-order chi connectivity index (χ0) is 18.8. The molecule has 2 aromatic carbocycles. The fourth-order valence-corrected chi connectivity index (χ4v) is 3.86. The Labute approximate surface area is 163 Å². The van der Waals surface area contributed by atoms with Crippen LogP contribution in [0.3, 0.4) is 0 Å². The van der Waals surface area contributed by atoms with E-state index in [0.717, 1.165) is 12.1 Å². The van der Waals surface area contributed by atoms with Crippen LogP contribution in [0.2, 0.25) is 5.02 Å². The molecule has 0 aliphatic carbocycles. The monoisotopic (exact) mass is 384 g/mol. The van der Waals surface area contributed by atoms with Crippen molar-refractivity contribution in [3.05, 3.63) is 58.6 Å². The molecule has 2 aromatic rings. The summed E-state index contributed by atoms with van der Waals surface area (Å²) in [5, 5.41) is 6.24. The summed E-state index contributed by atoms with van der Waals surface area (Å²) < 4.78 is 0. The summed E-state index contributed by atoms with van der Waals surface area (Å²) >= 11 is 6.41. The zero-order valence-corrected chi connectivity index (χ0v) is 15.6. The van der Waals surface area contributed by atoms with Crippen LogP contribution in [-0.4, -0.2) is 43.0 Å². The summed E-state index contributed by atoms with van der Waals surface area (Å²) in [4.78, 5) is 27.9. The van der Waals surface area contributed by atoms with Gasteiger partial charge in [0.25, 0.3) is 0 Å². The molecule has 2 aliphatic heterocycles. The van der Waals surface area contributed by atoms with Crippen LogP contribution in [0, 0.1) is 0 Å². The largest absolute Gasteiger partial charge is 0.359 e. The average Bonchev–Trinajstić information content (AvgIpc) is 2.67. The van der Waals surface area contributed by atoms with Crippen molar-refractivity contribution < 1.29 is 9.59 Å². The number of rotatable bonds is 2. The second-order valence-corrected chi connectivity index (χ2v) is 7.22. The number of carbonyl (C=O) groups is 2. The highest BCUT2D eigenvalue weighted by molar-refractivity contribution is 6.33. The Morgan fingerprint density at radius 3 is 2.67 bits per heavy atom. The predicted octanol–water partition coefficient (Wildman–Crippen LogP) is 2.87. The number of nitrogens with one attached hydrogen (secondary N) is 2. The average molecular weight is 385 g/mol. The molecular weight excluding hydrogens is 364 g/mol. The number of anilines is 2. The van der Waals surface area contributed by atoms with Crippen LogP contribution >= 0.6 is 11.6 Å². The molecule has 0 radical (unpaired) electrons. The van der Waals surface area contributed by atoms with Gasteiger partial charge in [-0.15, -0.1) is 0 Å². The SMILES string of the molecule is O=C1CN(c2ccc(NC(=O)N3CCc4ccccc4C3)cc2Cl)CCN1. The number of hydrogen-bond donors (Lipinski definition) is 2. The van der Waals surface area contributed by atoms with Crippen molar-refractivity contribution >= 4 is 34.9 Å². The fourth-order valence-electron chi connectivity index (χ4n) is 3.56. The molecule has 2 aliphatic rings. The molecule has 0 saturated carbocycles. The number of nitrogens with zero attached hydrogens (tertiary/aromatic N) is 2.